The molecule has 21 heavy (non-hydrogen) atoms. The number of nitrogens with one attached hydrogen (secondary N) is 1. The fourth-order valence-corrected chi connectivity index (χ4v) is 2.01. The van der Waals surface area contributed by atoms with E-state index < -0.39 is 23.3 Å². The van der Waals surface area contributed by atoms with Gasteiger partial charge in [0.1, 0.15) is 0 Å². The number of anilines is 1. The minimum absolute atomic E-state index is 0.0851. The van der Waals surface area contributed by atoms with Gasteiger partial charge >= 0.3 is 6.18 Å². The van der Waals surface area contributed by atoms with Crippen LogP contribution in [-0.4, -0.2) is 24.4 Å². The lowest BCUT2D eigenvalue weighted by molar-refractivity contribution is -0.137. The number of nitrogens with zero attached hydrogens (tertiary/aromatic N) is 1. The number of hydrazine groups is 1. The number of carbonyl (C=O) groups excluding carboxylic acids is 1. The van der Waals surface area contributed by atoms with Gasteiger partial charge in [-0.05, 0) is 18.1 Å². The molecule has 118 valence electrons. The number of benzene rings is 1. The van der Waals surface area contributed by atoms with Crippen LogP contribution in [0.25, 0.3) is 0 Å². The average Bonchev–Trinajstić information content (AvgIpc) is 2.44. The van der Waals surface area contributed by atoms with Gasteiger partial charge in [-0.25, -0.2) is 0 Å². The van der Waals surface area contributed by atoms with E-state index in [1.807, 2.05) is 19.3 Å². The molecule has 1 unspecified atom stereocenters. The molecular weight excluding hydrogens is 283 g/mol. The molecule has 0 saturated heterocycles. The molecule has 1 atom stereocenters. The summed E-state index contributed by atoms with van der Waals surface area (Å²) in [5, 5.41) is 0. The number of rotatable bonds is 5. The van der Waals surface area contributed by atoms with Gasteiger partial charge in [0, 0.05) is 13.6 Å². The lowest BCUT2D eigenvalue weighted by Crippen LogP contribution is -2.32. The van der Waals surface area contributed by atoms with E-state index in [0.29, 0.717) is 6.54 Å². The molecule has 0 aliphatic carbocycles. The monoisotopic (exact) mass is 303 g/mol. The van der Waals surface area contributed by atoms with Crippen LogP contribution in [0, 0.1) is 5.92 Å². The number of alkyl halides is 3. The molecular formula is C14H20F3N3O. The summed E-state index contributed by atoms with van der Waals surface area (Å²) in [4.78, 5) is 13.7. The maximum Gasteiger partial charge on any atom is 0.418 e. The fourth-order valence-electron chi connectivity index (χ4n) is 2.01. The lowest BCUT2D eigenvalue weighted by Gasteiger charge is -2.23. The summed E-state index contributed by atoms with van der Waals surface area (Å²) in [6.07, 6.45) is -3.70. The summed E-state index contributed by atoms with van der Waals surface area (Å²) >= 11 is 0. The van der Waals surface area contributed by atoms with E-state index in [4.69, 9.17) is 5.84 Å². The van der Waals surface area contributed by atoms with Gasteiger partial charge in [0.15, 0.2) is 0 Å². The van der Waals surface area contributed by atoms with Crippen molar-refractivity contribution in [1.29, 1.82) is 0 Å². The highest BCUT2D eigenvalue weighted by atomic mass is 19.4. The lowest BCUT2D eigenvalue weighted by atomic mass is 10.0. The Bertz CT molecular complexity index is 503. The Morgan fingerprint density at radius 3 is 2.52 bits per heavy atom. The highest BCUT2D eigenvalue weighted by Gasteiger charge is 2.35. The summed E-state index contributed by atoms with van der Waals surface area (Å²) in [6.45, 7) is 4.42. The summed E-state index contributed by atoms with van der Waals surface area (Å²) in [5.41, 5.74) is 0.573. The molecule has 0 radical (unpaired) electrons. The second-order valence-corrected chi connectivity index (χ2v) is 5.07. The normalized spacial score (nSPS) is 12.9. The number of hydrogen-bond acceptors (Lipinski definition) is 3. The van der Waals surface area contributed by atoms with Crippen molar-refractivity contribution in [3.05, 3.63) is 29.3 Å². The minimum Gasteiger partial charge on any atom is -0.341 e. The number of nitrogen functional groups attached to an aromatic ring is 1. The van der Waals surface area contributed by atoms with E-state index in [1.165, 1.54) is 17.0 Å². The zero-order valence-electron chi connectivity index (χ0n) is 12.3. The SMILES string of the molecule is CCC(C)CN(C)C(=O)c1cccc(C(F)(F)F)c1NN. The Morgan fingerprint density at radius 2 is 2.05 bits per heavy atom. The first-order valence-corrected chi connectivity index (χ1v) is 6.64. The van der Waals surface area contributed by atoms with Crippen LogP contribution in [0.2, 0.25) is 0 Å². The quantitative estimate of drug-likeness (QED) is 0.649. The Hall–Kier alpha value is -1.76. The van der Waals surface area contributed by atoms with Gasteiger partial charge in [-0.2, -0.15) is 13.2 Å². The first-order valence-electron chi connectivity index (χ1n) is 6.64. The summed E-state index contributed by atoms with van der Waals surface area (Å²) in [6, 6.07) is 3.43. The molecule has 0 heterocycles. The largest absolute Gasteiger partial charge is 0.418 e. The molecule has 0 spiro atoms. The van der Waals surface area contributed by atoms with Crippen molar-refractivity contribution in [2.75, 3.05) is 19.0 Å². The first-order chi connectivity index (χ1) is 9.72. The van der Waals surface area contributed by atoms with Crippen LogP contribution in [0.15, 0.2) is 18.2 Å². The molecule has 4 nitrogen and oxygen atoms in total. The summed E-state index contributed by atoms with van der Waals surface area (Å²) in [7, 11) is 1.56. The molecule has 0 aromatic heterocycles. The average molecular weight is 303 g/mol. The van der Waals surface area contributed by atoms with E-state index in [1.54, 1.807) is 7.05 Å². The van der Waals surface area contributed by atoms with Gasteiger partial charge in [0.05, 0.1) is 16.8 Å². The number of carbonyl (C=O) groups is 1. The number of hydrogen-bond donors (Lipinski definition) is 2. The molecule has 0 aliphatic rings. The van der Waals surface area contributed by atoms with Crippen LogP contribution in [0.4, 0.5) is 18.9 Å². The topological polar surface area (TPSA) is 58.4 Å². The Morgan fingerprint density at radius 1 is 1.43 bits per heavy atom. The van der Waals surface area contributed by atoms with Gasteiger partial charge in [-0.1, -0.05) is 26.3 Å². The van der Waals surface area contributed by atoms with Gasteiger partial charge in [-0.15, -0.1) is 0 Å². The first kappa shape index (κ1) is 17.3. The van der Waals surface area contributed by atoms with Crippen molar-refractivity contribution in [3.8, 4) is 0 Å². The zero-order chi connectivity index (χ0) is 16.2. The number of amides is 1. The summed E-state index contributed by atoms with van der Waals surface area (Å²) in [5.74, 6) is 4.96. The van der Waals surface area contributed by atoms with E-state index in [9.17, 15) is 18.0 Å². The third-order valence-corrected chi connectivity index (χ3v) is 3.37. The predicted octanol–water partition coefficient (Wildman–Crippen LogP) is 3.11. The Labute approximate surface area is 122 Å². The van der Waals surface area contributed by atoms with Crippen molar-refractivity contribution in [1.82, 2.24) is 4.90 Å². The standard InChI is InChI=1S/C14H20F3N3O/c1-4-9(2)8-20(3)13(21)10-6-5-7-11(12(10)19-18)14(15,16)17/h5-7,9,19H,4,8,18H2,1-3H3. The van der Waals surface area contributed by atoms with Gasteiger partial charge in [0.25, 0.3) is 5.91 Å². The zero-order valence-corrected chi connectivity index (χ0v) is 12.3. The van der Waals surface area contributed by atoms with Gasteiger partial charge in [-0.3, -0.25) is 10.6 Å². The fraction of sp³-hybridized carbons (Fsp3) is 0.500. The number of para-hydroxylation sites is 1. The van der Waals surface area contributed by atoms with Crippen LogP contribution in [0.5, 0.6) is 0 Å². The molecule has 1 rings (SSSR count). The molecule has 1 aromatic rings. The highest BCUT2D eigenvalue weighted by molar-refractivity contribution is 6.00. The molecule has 0 bridgehead atoms. The summed E-state index contributed by atoms with van der Waals surface area (Å²) < 4.78 is 38.8. The molecule has 0 aliphatic heterocycles. The van der Waals surface area contributed by atoms with Crippen molar-refractivity contribution in [3.63, 3.8) is 0 Å². The van der Waals surface area contributed by atoms with Crippen LogP contribution < -0.4 is 11.3 Å². The van der Waals surface area contributed by atoms with Crippen molar-refractivity contribution in [2.45, 2.75) is 26.4 Å². The smallest absolute Gasteiger partial charge is 0.341 e. The Balaban J connectivity index is 3.16. The molecule has 0 fully saturated rings. The third kappa shape index (κ3) is 4.10. The molecule has 0 saturated carbocycles. The van der Waals surface area contributed by atoms with Crippen molar-refractivity contribution in [2.24, 2.45) is 11.8 Å². The molecule has 1 aromatic carbocycles. The Kier molecular flexibility index (Phi) is 5.60. The third-order valence-electron chi connectivity index (χ3n) is 3.37. The molecule has 1 amide bonds. The maximum absolute atomic E-state index is 12.9. The van der Waals surface area contributed by atoms with Crippen LogP contribution in [0.1, 0.15) is 36.2 Å². The van der Waals surface area contributed by atoms with Crippen LogP contribution >= 0.6 is 0 Å². The molecule has 3 N–H and O–H groups in total. The maximum atomic E-state index is 12.9. The van der Waals surface area contributed by atoms with Crippen LogP contribution in [-0.2, 0) is 6.18 Å². The molecule has 7 heteroatoms. The van der Waals surface area contributed by atoms with E-state index >= 15 is 0 Å². The van der Waals surface area contributed by atoms with Crippen molar-refractivity contribution < 1.29 is 18.0 Å². The van der Waals surface area contributed by atoms with E-state index in [0.717, 1.165) is 12.5 Å². The van der Waals surface area contributed by atoms with Gasteiger partial charge < -0.3 is 10.3 Å². The second-order valence-electron chi connectivity index (χ2n) is 5.07. The van der Waals surface area contributed by atoms with Gasteiger partial charge in [0.2, 0.25) is 0 Å². The second kappa shape index (κ2) is 6.80. The predicted molar refractivity (Wildman–Crippen MR) is 75.7 cm³/mol. The minimum atomic E-state index is -4.58. The van der Waals surface area contributed by atoms with E-state index in [2.05, 4.69) is 0 Å². The van der Waals surface area contributed by atoms with Crippen LogP contribution in [0.3, 0.4) is 0 Å². The van der Waals surface area contributed by atoms with E-state index in [-0.39, 0.29) is 11.5 Å². The van der Waals surface area contributed by atoms with Crippen molar-refractivity contribution >= 4 is 11.6 Å². The highest BCUT2D eigenvalue weighted by Crippen LogP contribution is 2.36. The number of halogens is 3. The number of nitrogens with two attached hydrogens (primary N) is 1.